The molecule has 0 aliphatic carbocycles. The summed E-state index contributed by atoms with van der Waals surface area (Å²) >= 11 is 0. The number of amides is 1. The number of esters is 1. The summed E-state index contributed by atoms with van der Waals surface area (Å²) in [5.74, 6) is -5.78. The number of nitrogens with one attached hydrogen (secondary N) is 1. The van der Waals surface area contributed by atoms with Crippen LogP contribution >= 0.6 is 0 Å². The molecule has 1 aromatic rings. The monoisotopic (exact) mass is 449 g/mol. The molecule has 0 aliphatic rings. The Morgan fingerprint density at radius 1 is 1.14 bits per heavy atom. The SMILES string of the molecule is BCc1ccc(C(=O)OC(CS(=O)(=O)O)(C(F)(F)F)C(F)(F)F)cc1NC(C)=O. The normalized spacial score (nSPS) is 13.1. The molecular formula is C14H14BF6NO6S. The van der Waals surface area contributed by atoms with Gasteiger partial charge in [-0.15, -0.1) is 0 Å². The summed E-state index contributed by atoms with van der Waals surface area (Å²) < 4.78 is 113. The molecule has 1 rings (SSSR count). The topological polar surface area (TPSA) is 110 Å². The number of halogens is 6. The number of ether oxygens (including phenoxy) is 1. The van der Waals surface area contributed by atoms with Crippen molar-refractivity contribution in [2.45, 2.75) is 31.2 Å². The van der Waals surface area contributed by atoms with Crippen molar-refractivity contribution in [2.24, 2.45) is 0 Å². The average molecular weight is 449 g/mol. The van der Waals surface area contributed by atoms with E-state index in [9.17, 15) is 44.3 Å². The second-order valence-corrected chi connectivity index (χ2v) is 7.30. The highest BCUT2D eigenvalue weighted by molar-refractivity contribution is 7.85. The summed E-state index contributed by atoms with van der Waals surface area (Å²) in [6.07, 6.45) is -12.6. The van der Waals surface area contributed by atoms with Gasteiger partial charge in [-0.2, -0.15) is 34.8 Å². The second-order valence-electron chi connectivity index (χ2n) is 5.84. The van der Waals surface area contributed by atoms with Gasteiger partial charge in [-0.3, -0.25) is 9.35 Å². The lowest BCUT2D eigenvalue weighted by Crippen LogP contribution is -2.63. The van der Waals surface area contributed by atoms with E-state index in [1.807, 2.05) is 0 Å². The molecule has 7 nitrogen and oxygen atoms in total. The van der Waals surface area contributed by atoms with Crippen LogP contribution in [0.2, 0.25) is 0 Å². The van der Waals surface area contributed by atoms with Crippen LogP contribution in [0, 0.1) is 0 Å². The summed E-state index contributed by atoms with van der Waals surface area (Å²) in [7, 11) is -4.26. The molecule has 0 atom stereocenters. The minimum Gasteiger partial charge on any atom is -0.435 e. The summed E-state index contributed by atoms with van der Waals surface area (Å²) in [5.41, 5.74) is -5.98. The van der Waals surface area contributed by atoms with Gasteiger partial charge in [0.1, 0.15) is 13.6 Å². The first kappa shape index (κ1) is 24.8. The van der Waals surface area contributed by atoms with Crippen LogP contribution in [0.25, 0.3) is 0 Å². The number of hydrogen-bond donors (Lipinski definition) is 2. The van der Waals surface area contributed by atoms with E-state index in [1.165, 1.54) is 0 Å². The molecule has 0 aromatic heterocycles. The molecule has 162 valence electrons. The van der Waals surface area contributed by atoms with Crippen molar-refractivity contribution in [3.63, 3.8) is 0 Å². The zero-order valence-corrected chi connectivity index (χ0v) is 15.6. The van der Waals surface area contributed by atoms with Crippen molar-refractivity contribution >= 4 is 35.5 Å². The molecule has 29 heavy (non-hydrogen) atoms. The van der Waals surface area contributed by atoms with Crippen LogP contribution in [0.5, 0.6) is 0 Å². The standard InChI is InChI=1S/C14H14BF6NO6S/c1-7(23)22-10-4-8(2-3-9(10)5-15)11(24)28-12(13(16,17)18,14(19,20)21)6-29(25,26)27/h2-4H,5-6,15H2,1H3,(H,22,23)(H,25,26,27). The van der Waals surface area contributed by atoms with Crippen LogP contribution in [-0.2, 0) is 26.0 Å². The highest BCUT2D eigenvalue weighted by atomic mass is 32.2. The van der Waals surface area contributed by atoms with E-state index in [2.05, 4.69) is 10.1 Å². The molecule has 1 amide bonds. The fourth-order valence-electron chi connectivity index (χ4n) is 2.26. The largest absolute Gasteiger partial charge is 0.438 e. The fraction of sp³-hybridized carbons (Fsp3) is 0.429. The molecule has 1 aromatic carbocycles. The highest BCUT2D eigenvalue weighted by Crippen LogP contribution is 2.47. The summed E-state index contributed by atoms with van der Waals surface area (Å²) in [5, 5.41) is 2.25. The molecule has 2 N–H and O–H groups in total. The van der Waals surface area contributed by atoms with E-state index in [-0.39, 0.29) is 5.69 Å². The minimum absolute atomic E-state index is 0.0613. The maximum atomic E-state index is 13.2. The van der Waals surface area contributed by atoms with Crippen molar-refractivity contribution in [1.82, 2.24) is 0 Å². The van der Waals surface area contributed by atoms with E-state index in [0.29, 0.717) is 11.9 Å². The van der Waals surface area contributed by atoms with Gasteiger partial charge in [-0.1, -0.05) is 12.4 Å². The second kappa shape index (κ2) is 8.22. The van der Waals surface area contributed by atoms with Crippen molar-refractivity contribution in [1.29, 1.82) is 0 Å². The number of carbonyl (C=O) groups excluding carboxylic acids is 2. The van der Waals surface area contributed by atoms with E-state index in [0.717, 1.165) is 25.1 Å². The van der Waals surface area contributed by atoms with Crippen LogP contribution < -0.4 is 5.32 Å². The Morgan fingerprint density at radius 2 is 1.66 bits per heavy atom. The molecule has 0 heterocycles. The molecule has 0 fully saturated rings. The van der Waals surface area contributed by atoms with E-state index < -0.39 is 51.3 Å². The molecule has 0 saturated heterocycles. The average Bonchev–Trinajstić information content (AvgIpc) is 2.50. The Labute approximate surface area is 161 Å². The van der Waals surface area contributed by atoms with Crippen molar-refractivity contribution < 1.29 is 53.6 Å². The number of anilines is 1. The zero-order chi connectivity index (χ0) is 22.8. The van der Waals surface area contributed by atoms with Crippen LogP contribution in [0.3, 0.4) is 0 Å². The molecule has 0 saturated carbocycles. The van der Waals surface area contributed by atoms with Crippen LogP contribution in [0.15, 0.2) is 18.2 Å². The number of rotatable bonds is 6. The molecule has 0 aliphatic heterocycles. The Bertz CT molecular complexity index is 885. The number of benzene rings is 1. The summed E-state index contributed by atoms with van der Waals surface area (Å²) in [6, 6.07) is 2.79. The summed E-state index contributed by atoms with van der Waals surface area (Å²) in [6.45, 7) is 1.08. The predicted molar refractivity (Wildman–Crippen MR) is 89.7 cm³/mol. The smallest absolute Gasteiger partial charge is 0.435 e. The Balaban J connectivity index is 3.51. The summed E-state index contributed by atoms with van der Waals surface area (Å²) in [4.78, 5) is 23.3. The third-order valence-electron chi connectivity index (χ3n) is 3.61. The number of alkyl halides is 6. The molecule has 0 radical (unpaired) electrons. The van der Waals surface area contributed by atoms with Gasteiger partial charge in [0.2, 0.25) is 5.91 Å². The van der Waals surface area contributed by atoms with Crippen LogP contribution in [-0.4, -0.2) is 56.4 Å². The van der Waals surface area contributed by atoms with Gasteiger partial charge < -0.3 is 10.1 Å². The van der Waals surface area contributed by atoms with Gasteiger partial charge in [-0.25, -0.2) is 4.79 Å². The molecule has 15 heteroatoms. The van der Waals surface area contributed by atoms with Gasteiger partial charge in [0.25, 0.3) is 10.1 Å². The van der Waals surface area contributed by atoms with Gasteiger partial charge in [-0.05, 0) is 17.7 Å². The fourth-order valence-corrected chi connectivity index (χ4v) is 3.16. The first-order chi connectivity index (χ1) is 12.9. The van der Waals surface area contributed by atoms with E-state index in [1.54, 1.807) is 7.85 Å². The first-order valence-electron chi connectivity index (χ1n) is 7.66. The highest BCUT2D eigenvalue weighted by Gasteiger charge is 2.76. The van der Waals surface area contributed by atoms with Crippen LogP contribution in [0.1, 0.15) is 22.8 Å². The molecule has 0 unspecified atom stereocenters. The zero-order valence-electron chi connectivity index (χ0n) is 14.8. The minimum atomic E-state index is -6.43. The predicted octanol–water partition coefficient (Wildman–Crippen LogP) is 1.69. The van der Waals surface area contributed by atoms with Crippen LogP contribution in [0.4, 0.5) is 32.0 Å². The first-order valence-corrected chi connectivity index (χ1v) is 9.27. The van der Waals surface area contributed by atoms with E-state index >= 15 is 0 Å². The Hall–Kier alpha value is -2.29. The van der Waals surface area contributed by atoms with Gasteiger partial charge in [0.05, 0.1) is 5.56 Å². The third-order valence-corrected chi connectivity index (χ3v) is 4.38. The third kappa shape index (κ3) is 5.85. The number of carbonyl (C=O) groups is 2. The molecule has 0 bridgehead atoms. The maximum absolute atomic E-state index is 13.2. The van der Waals surface area contributed by atoms with Gasteiger partial charge in [0.15, 0.2) is 0 Å². The molecule has 0 spiro atoms. The van der Waals surface area contributed by atoms with Gasteiger partial charge >= 0.3 is 23.9 Å². The molecular weight excluding hydrogens is 435 g/mol. The number of hydrogen-bond acceptors (Lipinski definition) is 5. The quantitative estimate of drug-likeness (QED) is 0.296. The lowest BCUT2D eigenvalue weighted by Gasteiger charge is -2.35. The lowest BCUT2D eigenvalue weighted by atomic mass is 9.94. The lowest BCUT2D eigenvalue weighted by molar-refractivity contribution is -0.356. The Kier molecular flexibility index (Phi) is 7.02. The Morgan fingerprint density at radius 3 is 2.03 bits per heavy atom. The van der Waals surface area contributed by atoms with Gasteiger partial charge in [0, 0.05) is 12.6 Å². The van der Waals surface area contributed by atoms with Crippen molar-refractivity contribution in [3.05, 3.63) is 29.3 Å². The maximum Gasteiger partial charge on any atom is 0.438 e. The van der Waals surface area contributed by atoms with Crippen molar-refractivity contribution in [3.8, 4) is 0 Å². The van der Waals surface area contributed by atoms with E-state index in [4.69, 9.17) is 4.55 Å². The van der Waals surface area contributed by atoms with Crippen molar-refractivity contribution in [2.75, 3.05) is 11.1 Å².